The fraction of sp³-hybridized carbons (Fsp3) is 0.211. The van der Waals surface area contributed by atoms with Crippen molar-refractivity contribution in [2.24, 2.45) is 0 Å². The molecule has 1 heterocycles. The van der Waals surface area contributed by atoms with E-state index in [4.69, 9.17) is 5.73 Å². The van der Waals surface area contributed by atoms with Gasteiger partial charge in [0.25, 0.3) is 5.91 Å². The molecule has 0 radical (unpaired) electrons. The van der Waals surface area contributed by atoms with Crippen molar-refractivity contribution in [1.29, 1.82) is 0 Å². The molecule has 7 heteroatoms. The van der Waals surface area contributed by atoms with Crippen LogP contribution in [0.1, 0.15) is 34.8 Å². The second-order valence-corrected chi connectivity index (χ2v) is 7.19. The van der Waals surface area contributed by atoms with Gasteiger partial charge in [0, 0.05) is 23.0 Å². The lowest BCUT2D eigenvalue weighted by molar-refractivity contribution is 0.102. The number of nitrogens with two attached hydrogens (primary N) is 1. The van der Waals surface area contributed by atoms with Gasteiger partial charge in [0.15, 0.2) is 5.16 Å². The molecule has 0 atom stereocenters. The SMILES string of the molecule is Nc1nnc(SCc2ccc(C(=O)Nc3ccccc3)cc2)n1C1CC1. The predicted molar refractivity (Wildman–Crippen MR) is 103 cm³/mol. The van der Waals surface area contributed by atoms with Gasteiger partial charge >= 0.3 is 0 Å². The summed E-state index contributed by atoms with van der Waals surface area (Å²) in [6, 6.07) is 17.5. The van der Waals surface area contributed by atoms with Gasteiger partial charge in [-0.3, -0.25) is 9.36 Å². The van der Waals surface area contributed by atoms with Crippen LogP contribution in [-0.2, 0) is 5.75 Å². The Labute approximate surface area is 155 Å². The Morgan fingerprint density at radius 3 is 2.54 bits per heavy atom. The predicted octanol–water partition coefficient (Wildman–Crippen LogP) is 3.74. The number of nitrogen functional groups attached to an aromatic ring is 1. The molecule has 1 aliphatic carbocycles. The van der Waals surface area contributed by atoms with E-state index in [1.54, 1.807) is 11.8 Å². The van der Waals surface area contributed by atoms with Gasteiger partial charge in [-0.15, -0.1) is 10.2 Å². The highest BCUT2D eigenvalue weighted by Crippen LogP contribution is 2.39. The van der Waals surface area contributed by atoms with E-state index >= 15 is 0 Å². The molecule has 1 fully saturated rings. The first-order chi connectivity index (χ1) is 12.7. The third-order valence-electron chi connectivity index (χ3n) is 4.22. The van der Waals surface area contributed by atoms with Gasteiger partial charge in [0.2, 0.25) is 5.95 Å². The van der Waals surface area contributed by atoms with E-state index in [9.17, 15) is 4.79 Å². The summed E-state index contributed by atoms with van der Waals surface area (Å²) in [5.41, 5.74) is 8.44. The lowest BCUT2D eigenvalue weighted by Gasteiger charge is -2.07. The zero-order valence-corrected chi connectivity index (χ0v) is 14.9. The molecule has 0 saturated heterocycles. The summed E-state index contributed by atoms with van der Waals surface area (Å²) in [5, 5.41) is 11.9. The molecular weight excluding hydrogens is 346 g/mol. The number of aromatic nitrogens is 3. The van der Waals surface area contributed by atoms with Crippen molar-refractivity contribution < 1.29 is 4.79 Å². The van der Waals surface area contributed by atoms with Crippen LogP contribution in [-0.4, -0.2) is 20.7 Å². The van der Waals surface area contributed by atoms with Crippen LogP contribution in [0.3, 0.4) is 0 Å². The number of benzene rings is 2. The van der Waals surface area contributed by atoms with E-state index in [1.807, 2.05) is 59.2 Å². The van der Waals surface area contributed by atoms with Crippen LogP contribution in [0.15, 0.2) is 59.8 Å². The fourth-order valence-electron chi connectivity index (χ4n) is 2.69. The maximum absolute atomic E-state index is 12.3. The number of amides is 1. The topological polar surface area (TPSA) is 85.8 Å². The highest BCUT2D eigenvalue weighted by atomic mass is 32.2. The molecule has 26 heavy (non-hydrogen) atoms. The van der Waals surface area contributed by atoms with E-state index in [1.165, 1.54) is 0 Å². The van der Waals surface area contributed by atoms with E-state index in [0.717, 1.165) is 35.0 Å². The highest BCUT2D eigenvalue weighted by Gasteiger charge is 2.28. The largest absolute Gasteiger partial charge is 0.368 e. The molecule has 4 rings (SSSR count). The lowest BCUT2D eigenvalue weighted by atomic mass is 10.1. The number of carbonyl (C=O) groups is 1. The van der Waals surface area contributed by atoms with Crippen LogP contribution in [0, 0.1) is 0 Å². The normalized spacial score (nSPS) is 13.5. The van der Waals surface area contributed by atoms with Gasteiger partial charge in [-0.25, -0.2) is 0 Å². The molecule has 1 amide bonds. The summed E-state index contributed by atoms with van der Waals surface area (Å²) in [4.78, 5) is 12.3. The number of thioether (sulfide) groups is 1. The average Bonchev–Trinajstić information content (AvgIpc) is 3.43. The van der Waals surface area contributed by atoms with Gasteiger partial charge in [0.1, 0.15) is 0 Å². The van der Waals surface area contributed by atoms with Crippen molar-refractivity contribution in [1.82, 2.24) is 14.8 Å². The first-order valence-corrected chi connectivity index (χ1v) is 9.48. The Morgan fingerprint density at radius 2 is 1.85 bits per heavy atom. The number of rotatable bonds is 6. The van der Waals surface area contributed by atoms with Crippen molar-refractivity contribution in [3.05, 3.63) is 65.7 Å². The molecule has 3 aromatic rings. The first-order valence-electron chi connectivity index (χ1n) is 8.49. The number of nitrogens with one attached hydrogen (secondary N) is 1. The first kappa shape index (κ1) is 16.7. The lowest BCUT2D eigenvalue weighted by Crippen LogP contribution is -2.11. The highest BCUT2D eigenvalue weighted by molar-refractivity contribution is 7.98. The smallest absolute Gasteiger partial charge is 0.255 e. The number of carbonyl (C=O) groups excluding carboxylic acids is 1. The molecule has 2 aromatic carbocycles. The average molecular weight is 365 g/mol. The van der Waals surface area contributed by atoms with Crippen molar-refractivity contribution in [2.75, 3.05) is 11.1 Å². The number of hydrogen-bond donors (Lipinski definition) is 2. The van der Waals surface area contributed by atoms with Crippen molar-refractivity contribution in [2.45, 2.75) is 29.8 Å². The van der Waals surface area contributed by atoms with Crippen molar-refractivity contribution in [3.63, 3.8) is 0 Å². The van der Waals surface area contributed by atoms with Crippen molar-refractivity contribution in [3.8, 4) is 0 Å². The number of para-hydroxylation sites is 1. The summed E-state index contributed by atoms with van der Waals surface area (Å²) >= 11 is 1.61. The van der Waals surface area contributed by atoms with Crippen LogP contribution in [0.4, 0.5) is 11.6 Å². The zero-order valence-electron chi connectivity index (χ0n) is 14.1. The van der Waals surface area contributed by atoms with Crippen LogP contribution in [0.25, 0.3) is 0 Å². The van der Waals surface area contributed by atoms with E-state index in [2.05, 4.69) is 15.5 Å². The molecule has 0 aliphatic heterocycles. The zero-order chi connectivity index (χ0) is 17.9. The summed E-state index contributed by atoms with van der Waals surface area (Å²) in [5.74, 6) is 1.13. The molecule has 1 aromatic heterocycles. The fourth-order valence-corrected chi connectivity index (χ4v) is 3.66. The Bertz CT molecular complexity index is 903. The van der Waals surface area contributed by atoms with Gasteiger partial charge in [-0.2, -0.15) is 0 Å². The Hall–Kier alpha value is -2.80. The maximum atomic E-state index is 12.3. The van der Waals surface area contributed by atoms with Crippen LogP contribution < -0.4 is 11.1 Å². The molecule has 1 saturated carbocycles. The van der Waals surface area contributed by atoms with E-state index in [-0.39, 0.29) is 5.91 Å². The third kappa shape index (κ3) is 3.72. The van der Waals surface area contributed by atoms with Gasteiger partial charge in [-0.05, 0) is 42.7 Å². The molecule has 132 valence electrons. The number of anilines is 2. The van der Waals surface area contributed by atoms with Gasteiger partial charge < -0.3 is 11.1 Å². The Kier molecular flexibility index (Phi) is 4.62. The number of nitrogens with zero attached hydrogens (tertiary/aromatic N) is 3. The Morgan fingerprint density at radius 1 is 1.12 bits per heavy atom. The summed E-state index contributed by atoms with van der Waals surface area (Å²) < 4.78 is 2.02. The third-order valence-corrected chi connectivity index (χ3v) is 5.23. The summed E-state index contributed by atoms with van der Waals surface area (Å²) in [6.07, 6.45) is 2.28. The van der Waals surface area contributed by atoms with Crippen LogP contribution >= 0.6 is 11.8 Å². The second kappa shape index (κ2) is 7.21. The Balaban J connectivity index is 1.38. The molecule has 0 unspecified atom stereocenters. The summed E-state index contributed by atoms with van der Waals surface area (Å²) in [6.45, 7) is 0. The van der Waals surface area contributed by atoms with Crippen LogP contribution in [0.5, 0.6) is 0 Å². The molecular formula is C19H19N5OS. The van der Waals surface area contributed by atoms with E-state index < -0.39 is 0 Å². The van der Waals surface area contributed by atoms with Crippen molar-refractivity contribution >= 4 is 29.3 Å². The second-order valence-electron chi connectivity index (χ2n) is 6.25. The summed E-state index contributed by atoms with van der Waals surface area (Å²) in [7, 11) is 0. The molecule has 6 nitrogen and oxygen atoms in total. The van der Waals surface area contributed by atoms with Crippen LogP contribution in [0.2, 0.25) is 0 Å². The molecule has 0 bridgehead atoms. The molecule has 1 aliphatic rings. The standard InChI is InChI=1S/C19H19N5OS/c20-18-22-23-19(24(18)16-10-11-16)26-12-13-6-8-14(9-7-13)17(25)21-15-4-2-1-3-5-15/h1-9,16H,10-12H2,(H2,20,22)(H,21,25). The van der Waals surface area contributed by atoms with Gasteiger partial charge in [0.05, 0.1) is 0 Å². The minimum atomic E-state index is -0.114. The minimum absolute atomic E-state index is 0.114. The number of hydrogen-bond acceptors (Lipinski definition) is 5. The maximum Gasteiger partial charge on any atom is 0.255 e. The van der Waals surface area contributed by atoms with Gasteiger partial charge in [-0.1, -0.05) is 42.1 Å². The monoisotopic (exact) mass is 365 g/mol. The molecule has 3 N–H and O–H groups in total. The van der Waals surface area contributed by atoms with E-state index in [0.29, 0.717) is 17.6 Å². The molecule has 0 spiro atoms. The quantitative estimate of drug-likeness (QED) is 0.650. The minimum Gasteiger partial charge on any atom is -0.368 e.